The van der Waals surface area contributed by atoms with Gasteiger partial charge in [-0.1, -0.05) is 61.8 Å². The highest BCUT2D eigenvalue weighted by Crippen LogP contribution is 2.27. The Bertz CT molecular complexity index is 2120. The van der Waals surface area contributed by atoms with E-state index in [4.69, 9.17) is 22.9 Å². The number of likely N-dealkylation sites (tertiary alicyclic amines) is 1. The van der Waals surface area contributed by atoms with E-state index in [0.717, 1.165) is 21.6 Å². The van der Waals surface area contributed by atoms with Gasteiger partial charge >= 0.3 is 0 Å². The fourth-order valence-corrected chi connectivity index (χ4v) is 9.68. The molecule has 2 aliphatic heterocycles. The number of hydrogen-bond donors (Lipinski definition) is 13. The summed E-state index contributed by atoms with van der Waals surface area (Å²) in [5.41, 5.74) is 22.7. The maximum Gasteiger partial charge on any atom is 0.246 e. The number of phenols is 2. The normalized spacial score (nSPS) is 24.1. The summed E-state index contributed by atoms with van der Waals surface area (Å²) >= 11 is 0. The quantitative estimate of drug-likeness (QED) is 0.0524. The number of primary amides is 3. The second-order valence-electron chi connectivity index (χ2n) is 17.6. The lowest BCUT2D eigenvalue weighted by atomic mass is 9.96. The molecule has 0 saturated carbocycles. The van der Waals surface area contributed by atoms with Crippen molar-refractivity contribution in [2.75, 3.05) is 24.6 Å². The van der Waals surface area contributed by atoms with Gasteiger partial charge < -0.3 is 75.3 Å². The Hall–Kier alpha value is -6.35. The molecule has 388 valence electrons. The Morgan fingerprint density at radius 3 is 2.03 bits per heavy atom. The van der Waals surface area contributed by atoms with Crippen molar-refractivity contribution in [2.45, 2.75) is 127 Å². The number of benzene rings is 1. The highest BCUT2D eigenvalue weighted by molar-refractivity contribution is 8.76. The van der Waals surface area contributed by atoms with Gasteiger partial charge in [0, 0.05) is 30.9 Å². The Kier molecular flexibility index (Phi) is 23.0. The number of carbonyl (C=O) groups is 11. The molecular formula is C43H66N12O13S2. The fourth-order valence-electron chi connectivity index (χ4n) is 7.41. The largest absolute Gasteiger partial charge is 0.504 e. The van der Waals surface area contributed by atoms with Crippen molar-refractivity contribution >= 4 is 86.6 Å². The van der Waals surface area contributed by atoms with Crippen molar-refractivity contribution < 1.29 is 63.0 Å². The standard InChI is InChI=1S/C43H66N12O13S2/c1-5-21(4)35-42(67)49-24(9-11-32(45)58)38(63)51-27(16-33(46)59)39(64)53-28(43(68)55-12-6-7-29(55)41(66)52-25(13-20(2)3)37(62)48-17-34(47)60)19-70-69-18-23(44)36(61)50-26(40(65)54-35)14-22-8-10-30(56)31(57)15-22/h8,10,15,20-21,23-29,35,56-57H,5-7,9,11-14,16-19,44H2,1-4H3,(H2,45,58)(H2,46,59)(H2,47,60)(H,48,62)(H,49,67)(H,50,61)(H,51,63)(H,52,66)(H,53,64)(H,54,65)/t21-,23-,24-,25-,26-,27-,28-,29-,35?/m0/s1. The van der Waals surface area contributed by atoms with E-state index in [-0.39, 0.29) is 43.2 Å². The van der Waals surface area contributed by atoms with Crippen LogP contribution in [0.25, 0.3) is 0 Å². The number of nitrogens with two attached hydrogens (primary N) is 4. The van der Waals surface area contributed by atoms with Gasteiger partial charge in [0.15, 0.2) is 11.5 Å². The van der Waals surface area contributed by atoms with E-state index in [2.05, 4.69) is 37.2 Å². The number of nitrogens with zero attached hydrogens (tertiary/aromatic N) is 1. The molecule has 2 heterocycles. The minimum atomic E-state index is -1.77. The molecule has 0 aromatic heterocycles. The van der Waals surface area contributed by atoms with E-state index in [1.54, 1.807) is 13.8 Å². The lowest BCUT2D eigenvalue weighted by Crippen LogP contribution is -2.61. The van der Waals surface area contributed by atoms with Gasteiger partial charge in [-0.3, -0.25) is 52.7 Å². The first kappa shape index (κ1) is 58.0. The number of nitrogens with one attached hydrogen (secondary N) is 7. The minimum Gasteiger partial charge on any atom is -0.504 e. The molecule has 27 heteroatoms. The Labute approximate surface area is 412 Å². The smallest absolute Gasteiger partial charge is 0.246 e. The average molecular weight is 1020 g/mol. The summed E-state index contributed by atoms with van der Waals surface area (Å²) in [6.07, 6.45) is -0.983. The van der Waals surface area contributed by atoms with Crippen LogP contribution in [0.4, 0.5) is 0 Å². The van der Waals surface area contributed by atoms with Gasteiger partial charge in [-0.25, -0.2) is 0 Å². The summed E-state index contributed by atoms with van der Waals surface area (Å²) in [4.78, 5) is 148. The summed E-state index contributed by atoms with van der Waals surface area (Å²) in [5, 5.41) is 37.7. The first-order valence-corrected chi connectivity index (χ1v) is 25.2. The maximum atomic E-state index is 14.5. The highest BCUT2D eigenvalue weighted by Gasteiger charge is 2.41. The molecule has 0 aliphatic carbocycles. The number of rotatable bonds is 17. The number of amides is 11. The summed E-state index contributed by atoms with van der Waals surface area (Å²) in [5.74, 6) is -11.7. The lowest BCUT2D eigenvalue weighted by Gasteiger charge is -2.31. The number of aromatic hydroxyl groups is 2. The summed E-state index contributed by atoms with van der Waals surface area (Å²) in [6, 6.07) is -7.47. The minimum absolute atomic E-state index is 0.0354. The van der Waals surface area contributed by atoms with Gasteiger partial charge in [0.05, 0.1) is 19.0 Å². The van der Waals surface area contributed by atoms with Gasteiger partial charge in [-0.15, -0.1) is 0 Å². The van der Waals surface area contributed by atoms with Crippen LogP contribution in [-0.4, -0.2) is 153 Å². The predicted octanol–water partition coefficient (Wildman–Crippen LogP) is -3.90. The summed E-state index contributed by atoms with van der Waals surface area (Å²) < 4.78 is 0. The molecule has 11 amide bonds. The van der Waals surface area contributed by atoms with Crippen LogP contribution in [-0.2, 0) is 59.2 Å². The third-order valence-electron chi connectivity index (χ3n) is 11.4. The van der Waals surface area contributed by atoms with Crippen molar-refractivity contribution in [3.63, 3.8) is 0 Å². The van der Waals surface area contributed by atoms with E-state index in [1.807, 2.05) is 13.8 Å². The molecule has 9 atom stereocenters. The van der Waals surface area contributed by atoms with Crippen molar-refractivity contribution in [2.24, 2.45) is 34.8 Å². The monoisotopic (exact) mass is 1020 g/mol. The van der Waals surface area contributed by atoms with E-state index in [1.165, 1.54) is 23.1 Å². The number of carbonyl (C=O) groups excluding carboxylic acids is 11. The van der Waals surface area contributed by atoms with E-state index in [0.29, 0.717) is 18.4 Å². The number of phenolic OH excluding ortho intramolecular Hbond substituents is 2. The van der Waals surface area contributed by atoms with Crippen LogP contribution < -0.4 is 60.2 Å². The van der Waals surface area contributed by atoms with E-state index >= 15 is 0 Å². The average Bonchev–Trinajstić information content (AvgIpc) is 3.79. The summed E-state index contributed by atoms with van der Waals surface area (Å²) in [6.45, 7) is 6.51. The van der Waals surface area contributed by atoms with Crippen LogP contribution in [0.15, 0.2) is 18.2 Å². The molecule has 2 fully saturated rings. The molecule has 17 N–H and O–H groups in total. The molecule has 2 aliphatic rings. The first-order chi connectivity index (χ1) is 32.9. The van der Waals surface area contributed by atoms with E-state index in [9.17, 15) is 63.0 Å². The van der Waals surface area contributed by atoms with Crippen molar-refractivity contribution in [3.05, 3.63) is 23.8 Å². The van der Waals surface area contributed by atoms with Gasteiger partial charge in [-0.2, -0.15) is 0 Å². The van der Waals surface area contributed by atoms with E-state index < -0.39 is 157 Å². The molecule has 1 unspecified atom stereocenters. The molecular weight excluding hydrogens is 957 g/mol. The maximum absolute atomic E-state index is 14.5. The van der Waals surface area contributed by atoms with Crippen LogP contribution in [0.1, 0.15) is 78.2 Å². The van der Waals surface area contributed by atoms with Crippen LogP contribution in [0.3, 0.4) is 0 Å². The third kappa shape index (κ3) is 18.2. The SMILES string of the molecule is CC[C@H](C)C1NC(=O)[C@H](Cc2ccc(O)c(O)c2)NC(=O)[C@@H](N)CSSC[C@@H](C(=O)N2CCC[C@H]2C(=O)N[C@@H](CC(C)C)C(=O)NCC(N)=O)NC(=O)[C@H](CC(N)=O)NC(=O)[C@H](CCC(N)=O)NC1=O. The van der Waals surface area contributed by atoms with Crippen LogP contribution >= 0.6 is 21.6 Å². The topological polar surface area (TPSA) is 420 Å². The zero-order chi connectivity index (χ0) is 52.4. The third-order valence-corrected chi connectivity index (χ3v) is 13.8. The molecule has 2 saturated heterocycles. The zero-order valence-corrected chi connectivity index (χ0v) is 41.1. The molecule has 70 heavy (non-hydrogen) atoms. The van der Waals surface area contributed by atoms with Gasteiger partial charge in [0.25, 0.3) is 0 Å². The molecule has 1 aromatic rings. The van der Waals surface area contributed by atoms with Crippen LogP contribution in [0, 0.1) is 11.8 Å². The highest BCUT2D eigenvalue weighted by atomic mass is 33.1. The zero-order valence-electron chi connectivity index (χ0n) is 39.4. The van der Waals surface area contributed by atoms with Crippen molar-refractivity contribution in [1.29, 1.82) is 0 Å². The fraction of sp³-hybridized carbons (Fsp3) is 0.605. The van der Waals surface area contributed by atoms with Crippen LogP contribution in [0.5, 0.6) is 11.5 Å². The van der Waals surface area contributed by atoms with Gasteiger partial charge in [0.2, 0.25) is 65.0 Å². The Balaban J connectivity index is 2.06. The van der Waals surface area contributed by atoms with Crippen LogP contribution in [0.2, 0.25) is 0 Å². The van der Waals surface area contributed by atoms with Crippen molar-refractivity contribution in [1.82, 2.24) is 42.1 Å². The molecule has 25 nitrogen and oxygen atoms in total. The second-order valence-corrected chi connectivity index (χ2v) is 20.1. The number of hydrogen-bond acceptors (Lipinski definition) is 16. The molecule has 3 rings (SSSR count). The van der Waals surface area contributed by atoms with Gasteiger partial charge in [-0.05, 0) is 55.2 Å². The lowest BCUT2D eigenvalue weighted by molar-refractivity contribution is -0.142. The van der Waals surface area contributed by atoms with Gasteiger partial charge in [0.1, 0.15) is 42.3 Å². The molecule has 0 radical (unpaired) electrons. The van der Waals surface area contributed by atoms with Crippen molar-refractivity contribution in [3.8, 4) is 11.5 Å². The molecule has 1 aromatic carbocycles. The predicted molar refractivity (Wildman–Crippen MR) is 256 cm³/mol. The molecule has 0 spiro atoms. The Morgan fingerprint density at radius 1 is 0.786 bits per heavy atom. The second kappa shape index (κ2) is 27.7. The first-order valence-electron chi connectivity index (χ1n) is 22.7. The molecule has 0 bridgehead atoms. The summed E-state index contributed by atoms with van der Waals surface area (Å²) in [7, 11) is 1.99. The Morgan fingerprint density at radius 2 is 1.41 bits per heavy atom.